The largest absolute Gasteiger partial charge is 0.371 e. The first-order valence-corrected chi connectivity index (χ1v) is 7.43. The number of hydrogen-bond acceptors (Lipinski definition) is 3. The maximum Gasteiger partial charge on any atom is 0.248 e. The summed E-state index contributed by atoms with van der Waals surface area (Å²) in [6.07, 6.45) is 1.03. The number of likely N-dealkylation sites (tertiary alicyclic amines) is 1. The van der Waals surface area contributed by atoms with Crippen molar-refractivity contribution >= 4 is 5.91 Å². The van der Waals surface area contributed by atoms with Crippen molar-refractivity contribution in [3.63, 3.8) is 0 Å². The van der Waals surface area contributed by atoms with Gasteiger partial charge < -0.3 is 9.64 Å². The summed E-state index contributed by atoms with van der Waals surface area (Å²) >= 11 is 0. The molecule has 2 heterocycles. The fourth-order valence-electron chi connectivity index (χ4n) is 3.25. The zero-order valence-electron chi connectivity index (χ0n) is 12.3. The van der Waals surface area contributed by atoms with E-state index in [9.17, 15) is 9.18 Å². The molecule has 2 aliphatic rings. The van der Waals surface area contributed by atoms with E-state index in [-0.39, 0.29) is 24.4 Å². The molecule has 2 aliphatic heterocycles. The van der Waals surface area contributed by atoms with Gasteiger partial charge in [-0.05, 0) is 30.7 Å². The smallest absolute Gasteiger partial charge is 0.248 e. The minimum absolute atomic E-state index is 0.0612. The Kier molecular flexibility index (Phi) is 4.22. The van der Waals surface area contributed by atoms with Crippen molar-refractivity contribution in [1.82, 2.24) is 9.80 Å². The van der Waals surface area contributed by atoms with Crippen LogP contribution in [-0.2, 0) is 16.1 Å². The summed E-state index contributed by atoms with van der Waals surface area (Å²) in [5, 5.41) is 0. The Morgan fingerprint density at radius 1 is 1.33 bits per heavy atom. The maximum atomic E-state index is 13.0. The Morgan fingerprint density at radius 3 is 2.86 bits per heavy atom. The molecular formula is C16H21FN2O2. The summed E-state index contributed by atoms with van der Waals surface area (Å²) in [5.41, 5.74) is 1.11. The molecule has 4 nitrogen and oxygen atoms in total. The van der Waals surface area contributed by atoms with E-state index in [0.29, 0.717) is 12.5 Å². The molecule has 0 bridgehead atoms. The Morgan fingerprint density at radius 2 is 2.10 bits per heavy atom. The fourth-order valence-corrected chi connectivity index (χ4v) is 3.25. The average molecular weight is 292 g/mol. The van der Waals surface area contributed by atoms with Crippen LogP contribution in [0.15, 0.2) is 24.3 Å². The molecule has 21 heavy (non-hydrogen) atoms. The molecule has 1 aromatic carbocycles. The number of ether oxygens (including phenoxy) is 1. The number of likely N-dealkylation sites (N-methyl/N-ethyl adjacent to an activating group) is 1. The minimum atomic E-state index is -0.205. The van der Waals surface area contributed by atoms with Crippen LogP contribution in [0.4, 0.5) is 4.39 Å². The van der Waals surface area contributed by atoms with Gasteiger partial charge in [-0.15, -0.1) is 0 Å². The number of fused-ring (bicyclic) bond motifs is 1. The van der Waals surface area contributed by atoms with E-state index in [1.807, 2.05) is 24.1 Å². The molecule has 114 valence electrons. The van der Waals surface area contributed by atoms with Crippen LogP contribution in [0, 0.1) is 11.7 Å². The highest BCUT2D eigenvalue weighted by molar-refractivity contribution is 5.77. The summed E-state index contributed by atoms with van der Waals surface area (Å²) in [6.45, 7) is 3.51. The molecule has 0 unspecified atom stereocenters. The average Bonchev–Trinajstić information content (AvgIpc) is 2.62. The first-order valence-electron chi connectivity index (χ1n) is 7.43. The van der Waals surface area contributed by atoms with Gasteiger partial charge in [-0.2, -0.15) is 0 Å². The van der Waals surface area contributed by atoms with Gasteiger partial charge >= 0.3 is 0 Å². The molecule has 0 radical (unpaired) electrons. The van der Waals surface area contributed by atoms with Crippen LogP contribution in [0.2, 0.25) is 0 Å². The van der Waals surface area contributed by atoms with Crippen molar-refractivity contribution in [2.24, 2.45) is 5.92 Å². The molecule has 0 saturated carbocycles. The first kappa shape index (κ1) is 14.5. The lowest BCUT2D eigenvalue weighted by atomic mass is 9.91. The molecule has 2 atom stereocenters. The van der Waals surface area contributed by atoms with Crippen LogP contribution in [0.5, 0.6) is 0 Å². The van der Waals surface area contributed by atoms with Gasteiger partial charge in [0.2, 0.25) is 5.91 Å². The predicted molar refractivity (Wildman–Crippen MR) is 77.2 cm³/mol. The number of benzene rings is 1. The van der Waals surface area contributed by atoms with E-state index < -0.39 is 0 Å². The maximum absolute atomic E-state index is 13.0. The Hall–Kier alpha value is -1.46. The highest BCUT2D eigenvalue weighted by atomic mass is 19.1. The van der Waals surface area contributed by atoms with Crippen LogP contribution in [-0.4, -0.2) is 55.1 Å². The topological polar surface area (TPSA) is 32.8 Å². The second-order valence-electron chi connectivity index (χ2n) is 6.00. The first-order chi connectivity index (χ1) is 10.1. The van der Waals surface area contributed by atoms with Gasteiger partial charge in [0.15, 0.2) is 0 Å². The zero-order valence-corrected chi connectivity index (χ0v) is 12.3. The van der Waals surface area contributed by atoms with Crippen LogP contribution >= 0.6 is 0 Å². The lowest BCUT2D eigenvalue weighted by Crippen LogP contribution is -2.52. The van der Waals surface area contributed by atoms with E-state index in [1.165, 1.54) is 12.1 Å². The minimum Gasteiger partial charge on any atom is -0.371 e. The molecule has 0 N–H and O–H groups in total. The predicted octanol–water partition coefficient (Wildman–Crippen LogP) is 1.50. The van der Waals surface area contributed by atoms with Crippen molar-refractivity contribution in [2.45, 2.75) is 19.0 Å². The Balaban J connectivity index is 1.67. The third kappa shape index (κ3) is 3.24. The normalized spacial score (nSPS) is 27.3. The van der Waals surface area contributed by atoms with Gasteiger partial charge in [0.25, 0.3) is 0 Å². The molecule has 5 heteroatoms. The lowest BCUT2D eigenvalue weighted by molar-refractivity contribution is -0.134. The number of rotatable bonds is 2. The molecule has 1 amide bonds. The lowest BCUT2D eigenvalue weighted by Gasteiger charge is -2.41. The van der Waals surface area contributed by atoms with Crippen molar-refractivity contribution in [3.05, 3.63) is 35.6 Å². The second-order valence-corrected chi connectivity index (χ2v) is 6.00. The van der Waals surface area contributed by atoms with E-state index in [4.69, 9.17) is 4.74 Å². The molecule has 2 saturated heterocycles. The third-order valence-corrected chi connectivity index (χ3v) is 4.57. The van der Waals surface area contributed by atoms with Gasteiger partial charge in [-0.1, -0.05) is 12.1 Å². The Bertz CT molecular complexity index is 506. The fraction of sp³-hybridized carbons (Fsp3) is 0.562. The zero-order chi connectivity index (χ0) is 14.8. The van der Waals surface area contributed by atoms with Gasteiger partial charge in [0.05, 0.1) is 6.61 Å². The van der Waals surface area contributed by atoms with Crippen LogP contribution in [0.1, 0.15) is 12.0 Å². The summed E-state index contributed by atoms with van der Waals surface area (Å²) in [6, 6.07) is 6.86. The summed E-state index contributed by atoms with van der Waals surface area (Å²) in [5.74, 6) is 0.278. The van der Waals surface area contributed by atoms with Crippen molar-refractivity contribution in [3.8, 4) is 0 Å². The van der Waals surface area contributed by atoms with E-state index in [1.54, 1.807) is 0 Å². The molecule has 0 aliphatic carbocycles. The Labute approximate surface area is 124 Å². The standard InChI is InChI=1S/C16H21FN2O2/c1-18-15-9-19(8-12-2-4-14(17)5-3-12)7-6-13(15)10-21-11-16(18)20/h2-5,13,15H,6-11H2,1H3/t13-,15-/m0/s1. The molecule has 0 spiro atoms. The van der Waals surface area contributed by atoms with Crippen molar-refractivity contribution in [1.29, 1.82) is 0 Å². The quantitative estimate of drug-likeness (QED) is 0.828. The number of amides is 1. The second kappa shape index (κ2) is 6.12. The molecule has 2 fully saturated rings. The number of nitrogens with zero attached hydrogens (tertiary/aromatic N) is 2. The van der Waals surface area contributed by atoms with Crippen LogP contribution < -0.4 is 0 Å². The number of hydrogen-bond donors (Lipinski definition) is 0. The number of carbonyl (C=O) groups is 1. The van der Waals surface area contributed by atoms with Crippen molar-refractivity contribution in [2.75, 3.05) is 33.4 Å². The summed E-state index contributed by atoms with van der Waals surface area (Å²) in [4.78, 5) is 16.1. The molecule has 1 aromatic rings. The number of carbonyl (C=O) groups excluding carboxylic acids is 1. The van der Waals surface area contributed by atoms with Crippen molar-refractivity contribution < 1.29 is 13.9 Å². The van der Waals surface area contributed by atoms with Gasteiger partial charge in [0.1, 0.15) is 12.4 Å². The monoisotopic (exact) mass is 292 g/mol. The summed E-state index contributed by atoms with van der Waals surface area (Å²) < 4.78 is 18.4. The van der Waals surface area contributed by atoms with Crippen LogP contribution in [0.25, 0.3) is 0 Å². The number of piperidine rings is 1. The highest BCUT2D eigenvalue weighted by Gasteiger charge is 2.36. The van der Waals surface area contributed by atoms with E-state index in [2.05, 4.69) is 4.90 Å². The third-order valence-electron chi connectivity index (χ3n) is 4.57. The van der Waals surface area contributed by atoms with E-state index >= 15 is 0 Å². The van der Waals surface area contributed by atoms with Gasteiger partial charge in [0, 0.05) is 32.1 Å². The molecule has 0 aromatic heterocycles. The molecular weight excluding hydrogens is 271 g/mol. The SMILES string of the molecule is CN1C(=O)COC[C@@H]2CCN(Cc3ccc(F)cc3)C[C@@H]21. The van der Waals surface area contributed by atoms with Gasteiger partial charge in [-0.3, -0.25) is 9.69 Å². The number of halogens is 1. The van der Waals surface area contributed by atoms with Gasteiger partial charge in [-0.25, -0.2) is 4.39 Å². The van der Waals surface area contributed by atoms with Crippen LogP contribution in [0.3, 0.4) is 0 Å². The van der Waals surface area contributed by atoms with E-state index in [0.717, 1.165) is 31.6 Å². The molecule has 3 rings (SSSR count). The highest BCUT2D eigenvalue weighted by Crippen LogP contribution is 2.25. The summed E-state index contributed by atoms with van der Waals surface area (Å²) in [7, 11) is 1.87.